The Morgan fingerprint density at radius 1 is 1.28 bits per heavy atom. The minimum atomic E-state index is 0.298. The summed E-state index contributed by atoms with van der Waals surface area (Å²) in [6.45, 7) is 5.08. The van der Waals surface area contributed by atoms with Gasteiger partial charge in [0.1, 0.15) is 11.6 Å². The van der Waals surface area contributed by atoms with E-state index in [-0.39, 0.29) is 0 Å². The van der Waals surface area contributed by atoms with Crippen molar-refractivity contribution in [1.82, 2.24) is 19.7 Å². The molecule has 1 aliphatic rings. The zero-order valence-corrected chi connectivity index (χ0v) is 15.2. The molecule has 1 fully saturated rings. The Kier molecular flexibility index (Phi) is 5.55. The van der Waals surface area contributed by atoms with Crippen LogP contribution < -0.4 is 10.1 Å². The lowest BCUT2D eigenvalue weighted by molar-refractivity contribution is 0.125. The second-order valence-electron chi connectivity index (χ2n) is 6.71. The molecule has 136 valence electrons. The molecule has 0 amide bonds. The van der Waals surface area contributed by atoms with Gasteiger partial charge < -0.3 is 15.2 Å². The number of nitrogens with one attached hydrogen (secondary N) is 1. The average Bonchev–Trinajstić information content (AvgIpc) is 2.97. The van der Waals surface area contributed by atoms with Gasteiger partial charge in [0.15, 0.2) is 0 Å². The molecule has 0 saturated carbocycles. The maximum atomic E-state index is 9.25. The van der Waals surface area contributed by atoms with Crippen molar-refractivity contribution in [3.8, 4) is 5.75 Å². The summed E-state index contributed by atoms with van der Waals surface area (Å²) < 4.78 is 7.36. The maximum Gasteiger partial charge on any atom is 0.228 e. The molecule has 7 heteroatoms. The Hall–Kier alpha value is -2.12. The van der Waals surface area contributed by atoms with Gasteiger partial charge in [-0.2, -0.15) is 0 Å². The van der Waals surface area contributed by atoms with Crippen LogP contribution in [-0.2, 0) is 13.6 Å². The van der Waals surface area contributed by atoms with Gasteiger partial charge in [-0.3, -0.25) is 9.47 Å². The Balaban J connectivity index is 1.65. The standard InChI is InChI=1S/C18H27N5O2/c1-13-4-5-15(10-16(13)25-3)19-18-21-20-17(22(18)2)11-23-8-6-14(12-24)7-9-23/h4-5,10,14,24H,6-9,11-12H2,1-3H3,(H,19,21). The molecular formula is C18H27N5O2. The van der Waals surface area contributed by atoms with Crippen molar-refractivity contribution in [3.63, 3.8) is 0 Å². The van der Waals surface area contributed by atoms with Crippen LogP contribution in [0, 0.1) is 12.8 Å². The molecule has 2 aromatic rings. The fourth-order valence-electron chi connectivity index (χ4n) is 3.16. The zero-order valence-electron chi connectivity index (χ0n) is 15.2. The van der Waals surface area contributed by atoms with Crippen LogP contribution in [0.1, 0.15) is 24.2 Å². The van der Waals surface area contributed by atoms with Crippen LogP contribution in [0.4, 0.5) is 11.6 Å². The van der Waals surface area contributed by atoms with Crippen LogP contribution >= 0.6 is 0 Å². The number of benzene rings is 1. The van der Waals surface area contributed by atoms with Gasteiger partial charge in [-0.15, -0.1) is 10.2 Å². The number of hydrogen-bond acceptors (Lipinski definition) is 6. The molecular weight excluding hydrogens is 318 g/mol. The third-order valence-corrected chi connectivity index (χ3v) is 4.96. The highest BCUT2D eigenvalue weighted by Gasteiger charge is 2.20. The molecule has 3 rings (SSSR count). The van der Waals surface area contributed by atoms with Gasteiger partial charge in [0, 0.05) is 25.4 Å². The van der Waals surface area contributed by atoms with Crippen molar-refractivity contribution in [2.24, 2.45) is 13.0 Å². The van der Waals surface area contributed by atoms with Gasteiger partial charge in [0.2, 0.25) is 5.95 Å². The molecule has 0 atom stereocenters. The Bertz CT molecular complexity index is 707. The lowest BCUT2D eigenvalue weighted by Crippen LogP contribution is -2.35. The number of rotatable bonds is 6. The molecule has 0 unspecified atom stereocenters. The van der Waals surface area contributed by atoms with E-state index in [2.05, 4.69) is 20.4 Å². The molecule has 1 aromatic heterocycles. The van der Waals surface area contributed by atoms with Crippen molar-refractivity contribution in [2.45, 2.75) is 26.3 Å². The van der Waals surface area contributed by atoms with Gasteiger partial charge in [-0.1, -0.05) is 6.07 Å². The summed E-state index contributed by atoms with van der Waals surface area (Å²) in [5.41, 5.74) is 2.02. The van der Waals surface area contributed by atoms with Crippen LogP contribution in [0.3, 0.4) is 0 Å². The lowest BCUT2D eigenvalue weighted by atomic mass is 9.98. The Labute approximate surface area is 148 Å². The topological polar surface area (TPSA) is 75.4 Å². The predicted molar refractivity (Wildman–Crippen MR) is 97.1 cm³/mol. The normalized spacial score (nSPS) is 16.2. The summed E-state index contributed by atoms with van der Waals surface area (Å²) in [5.74, 6) is 2.94. The summed E-state index contributed by atoms with van der Waals surface area (Å²) in [6.07, 6.45) is 2.09. The predicted octanol–water partition coefficient (Wildman–Crippen LogP) is 2.08. The van der Waals surface area contributed by atoms with E-state index in [0.29, 0.717) is 18.5 Å². The smallest absolute Gasteiger partial charge is 0.228 e. The number of aromatic nitrogens is 3. The van der Waals surface area contributed by atoms with Crippen molar-refractivity contribution in [1.29, 1.82) is 0 Å². The number of aliphatic hydroxyl groups is 1. The lowest BCUT2D eigenvalue weighted by Gasteiger charge is -2.30. The van der Waals surface area contributed by atoms with Crippen molar-refractivity contribution >= 4 is 11.6 Å². The van der Waals surface area contributed by atoms with E-state index in [4.69, 9.17) is 4.74 Å². The number of piperidine rings is 1. The van der Waals surface area contributed by atoms with Gasteiger partial charge in [0.05, 0.1) is 13.7 Å². The van der Waals surface area contributed by atoms with Gasteiger partial charge in [0.25, 0.3) is 0 Å². The van der Waals surface area contributed by atoms with E-state index in [1.165, 1.54) is 0 Å². The third kappa shape index (κ3) is 4.11. The first-order chi connectivity index (χ1) is 12.1. The Morgan fingerprint density at radius 3 is 2.72 bits per heavy atom. The number of anilines is 2. The van der Waals surface area contributed by atoms with Gasteiger partial charge in [-0.05, 0) is 50.4 Å². The number of likely N-dealkylation sites (tertiary alicyclic amines) is 1. The van der Waals surface area contributed by atoms with Gasteiger partial charge >= 0.3 is 0 Å². The van der Waals surface area contributed by atoms with Crippen LogP contribution in [0.5, 0.6) is 5.75 Å². The molecule has 1 aromatic carbocycles. The number of aliphatic hydroxyl groups excluding tert-OH is 1. The molecule has 25 heavy (non-hydrogen) atoms. The van der Waals surface area contributed by atoms with Crippen LogP contribution in [0.15, 0.2) is 18.2 Å². The van der Waals surface area contributed by atoms with Crippen molar-refractivity contribution in [3.05, 3.63) is 29.6 Å². The minimum Gasteiger partial charge on any atom is -0.496 e. The van der Waals surface area contributed by atoms with Crippen molar-refractivity contribution < 1.29 is 9.84 Å². The molecule has 1 saturated heterocycles. The highest BCUT2D eigenvalue weighted by Crippen LogP contribution is 2.24. The maximum absolute atomic E-state index is 9.25. The first kappa shape index (κ1) is 17.7. The number of methoxy groups -OCH3 is 1. The first-order valence-corrected chi connectivity index (χ1v) is 8.74. The summed E-state index contributed by atoms with van der Waals surface area (Å²) in [7, 11) is 3.65. The minimum absolute atomic E-state index is 0.298. The van der Waals surface area contributed by atoms with E-state index in [1.807, 2.05) is 36.7 Å². The fraction of sp³-hybridized carbons (Fsp3) is 0.556. The number of hydrogen-bond donors (Lipinski definition) is 2. The summed E-state index contributed by atoms with van der Waals surface area (Å²) in [5, 5.41) is 21.2. The molecule has 0 bridgehead atoms. The largest absolute Gasteiger partial charge is 0.496 e. The SMILES string of the molecule is COc1cc(Nc2nnc(CN3CCC(CO)CC3)n2C)ccc1C. The van der Waals surface area contributed by atoms with E-state index >= 15 is 0 Å². The van der Waals surface area contributed by atoms with Crippen LogP contribution in [0.2, 0.25) is 0 Å². The number of aryl methyl sites for hydroxylation is 1. The molecule has 1 aliphatic heterocycles. The first-order valence-electron chi connectivity index (χ1n) is 8.74. The second kappa shape index (κ2) is 7.84. The molecule has 2 heterocycles. The third-order valence-electron chi connectivity index (χ3n) is 4.96. The Morgan fingerprint density at radius 2 is 2.04 bits per heavy atom. The monoisotopic (exact) mass is 345 g/mol. The van der Waals surface area contributed by atoms with E-state index in [0.717, 1.165) is 55.3 Å². The summed E-state index contributed by atoms with van der Waals surface area (Å²) in [4.78, 5) is 2.37. The fourth-order valence-corrected chi connectivity index (χ4v) is 3.16. The van der Waals surface area contributed by atoms with E-state index < -0.39 is 0 Å². The number of ether oxygens (including phenoxy) is 1. The molecule has 7 nitrogen and oxygen atoms in total. The quantitative estimate of drug-likeness (QED) is 0.835. The summed E-state index contributed by atoms with van der Waals surface area (Å²) in [6, 6.07) is 5.99. The zero-order chi connectivity index (χ0) is 17.8. The van der Waals surface area contributed by atoms with Crippen LogP contribution in [-0.4, -0.2) is 51.6 Å². The van der Waals surface area contributed by atoms with E-state index in [1.54, 1.807) is 7.11 Å². The second-order valence-corrected chi connectivity index (χ2v) is 6.71. The molecule has 0 aliphatic carbocycles. The molecule has 0 radical (unpaired) electrons. The highest BCUT2D eigenvalue weighted by molar-refractivity contribution is 5.57. The van der Waals surface area contributed by atoms with E-state index in [9.17, 15) is 5.11 Å². The average molecular weight is 345 g/mol. The number of nitrogens with zero attached hydrogens (tertiary/aromatic N) is 4. The molecule has 2 N–H and O–H groups in total. The van der Waals surface area contributed by atoms with Crippen molar-refractivity contribution in [2.75, 3.05) is 32.1 Å². The summed E-state index contributed by atoms with van der Waals surface area (Å²) >= 11 is 0. The van der Waals surface area contributed by atoms with Crippen LogP contribution in [0.25, 0.3) is 0 Å². The highest BCUT2D eigenvalue weighted by atomic mass is 16.5. The van der Waals surface area contributed by atoms with Gasteiger partial charge in [-0.25, -0.2) is 0 Å². The molecule has 0 spiro atoms.